The van der Waals surface area contributed by atoms with Crippen LogP contribution in [0.5, 0.6) is 0 Å². The number of aliphatic hydroxyl groups is 1. The van der Waals surface area contributed by atoms with Crippen molar-refractivity contribution in [1.29, 1.82) is 0 Å². The van der Waals surface area contributed by atoms with Crippen LogP contribution in [0.25, 0.3) is 0 Å². The topological polar surface area (TPSA) is 23.5 Å². The third-order valence-corrected chi connectivity index (χ3v) is 3.12. The van der Waals surface area contributed by atoms with E-state index in [1.54, 1.807) is 0 Å². The van der Waals surface area contributed by atoms with Crippen LogP contribution in [-0.4, -0.2) is 35.7 Å². The summed E-state index contributed by atoms with van der Waals surface area (Å²) in [4.78, 5) is 2.50. The van der Waals surface area contributed by atoms with Crippen molar-refractivity contribution in [3.63, 3.8) is 0 Å². The van der Waals surface area contributed by atoms with Crippen LogP contribution in [0.2, 0.25) is 0 Å². The average Bonchev–Trinajstić information content (AvgIpc) is 2.25. The summed E-state index contributed by atoms with van der Waals surface area (Å²) in [6.07, 6.45) is 8.37. The number of hydrogen-bond acceptors (Lipinski definition) is 2. The fourth-order valence-electron chi connectivity index (χ4n) is 2.10. The zero-order valence-corrected chi connectivity index (χ0v) is 9.54. The van der Waals surface area contributed by atoms with Gasteiger partial charge in [0, 0.05) is 6.54 Å². The van der Waals surface area contributed by atoms with E-state index in [4.69, 9.17) is 0 Å². The largest absolute Gasteiger partial charge is 0.393 e. The van der Waals surface area contributed by atoms with Gasteiger partial charge in [0.1, 0.15) is 0 Å². The van der Waals surface area contributed by atoms with Crippen LogP contribution in [0.1, 0.15) is 51.9 Å². The van der Waals surface area contributed by atoms with Gasteiger partial charge in [0.05, 0.1) is 6.10 Å². The maximum Gasteiger partial charge on any atom is 0.0552 e. The summed E-state index contributed by atoms with van der Waals surface area (Å²) in [5.41, 5.74) is 0. The highest BCUT2D eigenvalue weighted by Crippen LogP contribution is 2.11. The summed E-state index contributed by atoms with van der Waals surface area (Å²) in [7, 11) is 0. The average molecular weight is 199 g/mol. The minimum absolute atomic E-state index is 0.0584. The van der Waals surface area contributed by atoms with Gasteiger partial charge in [-0.2, -0.15) is 0 Å². The lowest BCUT2D eigenvalue weighted by molar-refractivity contribution is 0.123. The highest BCUT2D eigenvalue weighted by Gasteiger charge is 2.11. The highest BCUT2D eigenvalue weighted by molar-refractivity contribution is 4.66. The lowest BCUT2D eigenvalue weighted by Crippen LogP contribution is -2.32. The van der Waals surface area contributed by atoms with Crippen LogP contribution in [0, 0.1) is 0 Å². The molecule has 84 valence electrons. The first-order chi connectivity index (χ1) is 6.83. The fraction of sp³-hybridized carbons (Fsp3) is 1.00. The molecule has 2 nitrogen and oxygen atoms in total. The zero-order valence-electron chi connectivity index (χ0n) is 9.54. The second-order valence-corrected chi connectivity index (χ2v) is 4.49. The van der Waals surface area contributed by atoms with E-state index in [2.05, 4.69) is 11.8 Å². The SMILES string of the molecule is CCCC[C@H](O)CCN1CCCCC1. The number of unbranched alkanes of at least 4 members (excludes halogenated alkanes) is 1. The Kier molecular flexibility index (Phi) is 6.20. The van der Waals surface area contributed by atoms with Crippen LogP contribution < -0.4 is 0 Å². The van der Waals surface area contributed by atoms with Crippen LogP contribution in [0.4, 0.5) is 0 Å². The number of likely N-dealkylation sites (tertiary alicyclic amines) is 1. The van der Waals surface area contributed by atoms with E-state index in [9.17, 15) is 5.11 Å². The predicted octanol–water partition coefficient (Wildman–Crippen LogP) is 2.41. The molecule has 1 aliphatic heterocycles. The van der Waals surface area contributed by atoms with E-state index in [1.165, 1.54) is 45.2 Å². The first kappa shape index (κ1) is 12.0. The molecule has 0 aromatic carbocycles. The maximum atomic E-state index is 9.68. The van der Waals surface area contributed by atoms with Gasteiger partial charge in [-0.25, -0.2) is 0 Å². The summed E-state index contributed by atoms with van der Waals surface area (Å²) < 4.78 is 0. The van der Waals surface area contributed by atoms with Crippen LogP contribution in [0.15, 0.2) is 0 Å². The van der Waals surface area contributed by atoms with Crippen molar-refractivity contribution in [1.82, 2.24) is 4.90 Å². The molecule has 0 saturated carbocycles. The monoisotopic (exact) mass is 199 g/mol. The van der Waals surface area contributed by atoms with E-state index in [-0.39, 0.29) is 6.10 Å². The molecule has 0 bridgehead atoms. The minimum Gasteiger partial charge on any atom is -0.393 e. The molecule has 0 spiro atoms. The molecule has 1 rings (SSSR count). The van der Waals surface area contributed by atoms with Gasteiger partial charge in [-0.05, 0) is 38.8 Å². The van der Waals surface area contributed by atoms with Gasteiger partial charge in [-0.3, -0.25) is 0 Å². The van der Waals surface area contributed by atoms with E-state index >= 15 is 0 Å². The number of rotatable bonds is 6. The summed E-state index contributed by atoms with van der Waals surface area (Å²) in [6.45, 7) is 5.78. The number of aliphatic hydroxyl groups excluding tert-OH is 1. The fourth-order valence-corrected chi connectivity index (χ4v) is 2.10. The van der Waals surface area contributed by atoms with Crippen molar-refractivity contribution in [3.05, 3.63) is 0 Å². The molecule has 2 heteroatoms. The molecule has 0 radical (unpaired) electrons. The Labute approximate surface area is 88.3 Å². The van der Waals surface area contributed by atoms with Crippen molar-refractivity contribution in [2.45, 2.75) is 58.0 Å². The second kappa shape index (κ2) is 7.24. The molecular weight excluding hydrogens is 174 g/mol. The normalized spacial score (nSPS) is 21.0. The van der Waals surface area contributed by atoms with Gasteiger partial charge >= 0.3 is 0 Å². The molecule has 1 heterocycles. The van der Waals surface area contributed by atoms with E-state index in [0.717, 1.165) is 19.4 Å². The van der Waals surface area contributed by atoms with Crippen molar-refractivity contribution >= 4 is 0 Å². The Morgan fingerprint density at radius 1 is 1.14 bits per heavy atom. The molecular formula is C12H25NO. The quantitative estimate of drug-likeness (QED) is 0.710. The Balaban J connectivity index is 2.00. The second-order valence-electron chi connectivity index (χ2n) is 4.49. The lowest BCUT2D eigenvalue weighted by atomic mass is 10.1. The Morgan fingerprint density at radius 2 is 1.86 bits per heavy atom. The molecule has 1 aliphatic rings. The molecule has 0 aromatic heterocycles. The molecule has 14 heavy (non-hydrogen) atoms. The number of piperidine rings is 1. The van der Waals surface area contributed by atoms with Gasteiger partial charge in [-0.15, -0.1) is 0 Å². The molecule has 0 aliphatic carbocycles. The van der Waals surface area contributed by atoms with Crippen LogP contribution in [0.3, 0.4) is 0 Å². The Bertz CT molecular complexity index is 132. The number of hydrogen-bond donors (Lipinski definition) is 1. The third kappa shape index (κ3) is 4.97. The van der Waals surface area contributed by atoms with Crippen molar-refractivity contribution < 1.29 is 5.11 Å². The summed E-state index contributed by atoms with van der Waals surface area (Å²) in [5.74, 6) is 0. The molecule has 1 fully saturated rings. The molecule has 0 amide bonds. The summed E-state index contributed by atoms with van der Waals surface area (Å²) in [6, 6.07) is 0. The third-order valence-electron chi connectivity index (χ3n) is 3.12. The lowest BCUT2D eigenvalue weighted by Gasteiger charge is -2.27. The maximum absolute atomic E-state index is 9.68. The van der Waals surface area contributed by atoms with Crippen LogP contribution in [-0.2, 0) is 0 Å². The standard InChI is InChI=1S/C12H25NO/c1-2-3-7-12(14)8-11-13-9-5-4-6-10-13/h12,14H,2-11H2,1H3/t12-/m0/s1. The minimum atomic E-state index is -0.0584. The van der Waals surface area contributed by atoms with Gasteiger partial charge in [0.15, 0.2) is 0 Å². The van der Waals surface area contributed by atoms with Crippen molar-refractivity contribution in [3.8, 4) is 0 Å². The Hall–Kier alpha value is -0.0800. The zero-order chi connectivity index (χ0) is 10.2. The highest BCUT2D eigenvalue weighted by atomic mass is 16.3. The predicted molar refractivity (Wildman–Crippen MR) is 60.4 cm³/mol. The number of nitrogens with zero attached hydrogens (tertiary/aromatic N) is 1. The molecule has 1 N–H and O–H groups in total. The van der Waals surface area contributed by atoms with Gasteiger partial charge in [-0.1, -0.05) is 26.2 Å². The smallest absolute Gasteiger partial charge is 0.0552 e. The van der Waals surface area contributed by atoms with E-state index in [0.29, 0.717) is 0 Å². The van der Waals surface area contributed by atoms with Gasteiger partial charge in [0.25, 0.3) is 0 Å². The first-order valence-electron chi connectivity index (χ1n) is 6.23. The van der Waals surface area contributed by atoms with Crippen molar-refractivity contribution in [2.24, 2.45) is 0 Å². The molecule has 0 aromatic rings. The van der Waals surface area contributed by atoms with Crippen molar-refractivity contribution in [2.75, 3.05) is 19.6 Å². The van der Waals surface area contributed by atoms with Crippen LogP contribution >= 0.6 is 0 Å². The summed E-state index contributed by atoms with van der Waals surface area (Å²) in [5, 5.41) is 9.68. The molecule has 1 saturated heterocycles. The molecule has 1 atom stereocenters. The van der Waals surface area contributed by atoms with Gasteiger partial charge < -0.3 is 10.0 Å². The van der Waals surface area contributed by atoms with E-state index in [1.807, 2.05) is 0 Å². The summed E-state index contributed by atoms with van der Waals surface area (Å²) >= 11 is 0. The van der Waals surface area contributed by atoms with E-state index < -0.39 is 0 Å². The van der Waals surface area contributed by atoms with Gasteiger partial charge in [0.2, 0.25) is 0 Å². The molecule has 0 unspecified atom stereocenters. The Morgan fingerprint density at radius 3 is 2.50 bits per heavy atom. The first-order valence-corrected chi connectivity index (χ1v) is 6.23.